The summed E-state index contributed by atoms with van der Waals surface area (Å²) in [5, 5.41) is 18.3. The number of aliphatic hydroxyl groups excluding tert-OH is 1. The third-order valence-electron chi connectivity index (χ3n) is 4.19. The summed E-state index contributed by atoms with van der Waals surface area (Å²) in [5.74, 6) is 0.319. The molecule has 2 unspecified atom stereocenters. The van der Waals surface area contributed by atoms with Gasteiger partial charge in [-0.25, -0.2) is 4.79 Å². The second kappa shape index (κ2) is 4.00. The average Bonchev–Trinajstić information content (AvgIpc) is 2.60. The van der Waals surface area contributed by atoms with Crippen molar-refractivity contribution in [3.05, 3.63) is 0 Å². The van der Waals surface area contributed by atoms with Gasteiger partial charge in [0.2, 0.25) is 0 Å². The zero-order chi connectivity index (χ0) is 10.9. The SMILES string of the molecule is O=C(O)N1CCCC2(CCCC2CO)C1. The van der Waals surface area contributed by atoms with Gasteiger partial charge in [0.25, 0.3) is 0 Å². The summed E-state index contributed by atoms with van der Waals surface area (Å²) in [4.78, 5) is 12.5. The second-order valence-corrected chi connectivity index (χ2v) is 4.94. The van der Waals surface area contributed by atoms with Gasteiger partial charge in [-0.3, -0.25) is 0 Å². The first kappa shape index (κ1) is 10.7. The van der Waals surface area contributed by atoms with Crippen molar-refractivity contribution >= 4 is 6.09 Å². The van der Waals surface area contributed by atoms with E-state index in [9.17, 15) is 9.90 Å². The molecule has 86 valence electrons. The number of hydrogen-bond donors (Lipinski definition) is 2. The number of piperidine rings is 1. The van der Waals surface area contributed by atoms with Gasteiger partial charge in [0.15, 0.2) is 0 Å². The Bertz CT molecular complexity index is 256. The molecule has 1 amide bonds. The Hall–Kier alpha value is -0.770. The minimum atomic E-state index is -0.808. The van der Waals surface area contributed by atoms with E-state index in [1.807, 2.05) is 0 Å². The van der Waals surface area contributed by atoms with Gasteiger partial charge in [-0.1, -0.05) is 6.42 Å². The van der Waals surface area contributed by atoms with E-state index in [0.717, 1.165) is 32.1 Å². The largest absolute Gasteiger partial charge is 0.465 e. The Morgan fingerprint density at radius 2 is 2.13 bits per heavy atom. The molecule has 0 aromatic carbocycles. The standard InChI is InChI=1S/C11H19NO3/c13-7-9-3-1-4-11(9)5-2-6-12(8-11)10(14)15/h9,13H,1-8H2,(H,14,15). The van der Waals surface area contributed by atoms with E-state index < -0.39 is 6.09 Å². The highest BCUT2D eigenvalue weighted by Crippen LogP contribution is 2.48. The number of nitrogens with zero attached hydrogens (tertiary/aromatic N) is 1. The minimum absolute atomic E-state index is 0.0887. The molecule has 1 aliphatic heterocycles. The molecule has 2 atom stereocenters. The summed E-state index contributed by atoms with van der Waals surface area (Å²) in [6, 6.07) is 0. The number of amides is 1. The number of hydrogen-bond acceptors (Lipinski definition) is 2. The monoisotopic (exact) mass is 213 g/mol. The lowest BCUT2D eigenvalue weighted by atomic mass is 9.72. The third-order valence-corrected chi connectivity index (χ3v) is 4.19. The van der Waals surface area contributed by atoms with E-state index in [0.29, 0.717) is 19.0 Å². The van der Waals surface area contributed by atoms with Gasteiger partial charge in [-0.05, 0) is 37.0 Å². The predicted molar refractivity (Wildman–Crippen MR) is 55.7 cm³/mol. The van der Waals surface area contributed by atoms with Crippen molar-refractivity contribution in [2.75, 3.05) is 19.7 Å². The smallest absolute Gasteiger partial charge is 0.407 e. The molecule has 1 saturated carbocycles. The average molecular weight is 213 g/mol. The van der Waals surface area contributed by atoms with Gasteiger partial charge in [0, 0.05) is 19.7 Å². The van der Waals surface area contributed by atoms with Crippen LogP contribution in [0.15, 0.2) is 0 Å². The van der Waals surface area contributed by atoms with Crippen LogP contribution in [0.2, 0.25) is 0 Å². The van der Waals surface area contributed by atoms with Gasteiger partial charge in [0.05, 0.1) is 0 Å². The molecule has 0 aromatic rings. The van der Waals surface area contributed by atoms with Crippen LogP contribution < -0.4 is 0 Å². The fourth-order valence-electron chi connectivity index (χ4n) is 3.36. The highest BCUT2D eigenvalue weighted by atomic mass is 16.4. The van der Waals surface area contributed by atoms with Crippen LogP contribution in [0.3, 0.4) is 0 Å². The van der Waals surface area contributed by atoms with E-state index in [2.05, 4.69) is 0 Å². The second-order valence-electron chi connectivity index (χ2n) is 4.94. The molecule has 4 heteroatoms. The van der Waals surface area contributed by atoms with Crippen molar-refractivity contribution in [3.8, 4) is 0 Å². The van der Waals surface area contributed by atoms with Gasteiger partial charge in [0.1, 0.15) is 0 Å². The molecule has 1 spiro atoms. The lowest BCUT2D eigenvalue weighted by Crippen LogP contribution is -2.47. The molecule has 2 fully saturated rings. The van der Waals surface area contributed by atoms with Crippen LogP contribution in [0, 0.1) is 11.3 Å². The molecular weight excluding hydrogens is 194 g/mol. The maximum atomic E-state index is 11.0. The summed E-state index contributed by atoms with van der Waals surface area (Å²) < 4.78 is 0. The van der Waals surface area contributed by atoms with Crippen molar-refractivity contribution in [3.63, 3.8) is 0 Å². The first-order valence-electron chi connectivity index (χ1n) is 5.77. The summed E-state index contributed by atoms with van der Waals surface area (Å²) in [6.07, 6.45) is 4.51. The minimum Gasteiger partial charge on any atom is -0.465 e. The molecule has 2 N–H and O–H groups in total. The first-order chi connectivity index (χ1) is 7.18. The van der Waals surface area contributed by atoms with Crippen molar-refractivity contribution in [2.24, 2.45) is 11.3 Å². The molecule has 2 aliphatic rings. The quantitative estimate of drug-likeness (QED) is 0.694. The van der Waals surface area contributed by atoms with Crippen molar-refractivity contribution < 1.29 is 15.0 Å². The summed E-state index contributed by atoms with van der Waals surface area (Å²) >= 11 is 0. The first-order valence-corrected chi connectivity index (χ1v) is 5.77. The number of likely N-dealkylation sites (tertiary alicyclic amines) is 1. The van der Waals surface area contributed by atoms with Crippen molar-refractivity contribution in [2.45, 2.75) is 32.1 Å². The predicted octanol–water partition coefficient (Wildman–Crippen LogP) is 1.54. The van der Waals surface area contributed by atoms with Gasteiger partial charge < -0.3 is 15.1 Å². The molecule has 0 bridgehead atoms. The molecule has 1 saturated heterocycles. The molecule has 1 aliphatic carbocycles. The fourth-order valence-corrected chi connectivity index (χ4v) is 3.36. The molecule has 15 heavy (non-hydrogen) atoms. The van der Waals surface area contributed by atoms with E-state index in [-0.39, 0.29) is 12.0 Å². The highest BCUT2D eigenvalue weighted by molar-refractivity contribution is 5.65. The molecule has 2 rings (SSSR count). The molecule has 4 nitrogen and oxygen atoms in total. The number of carboxylic acid groups (broad SMARTS) is 1. The van der Waals surface area contributed by atoms with E-state index in [1.165, 1.54) is 4.90 Å². The topological polar surface area (TPSA) is 60.8 Å². The van der Waals surface area contributed by atoms with Gasteiger partial charge >= 0.3 is 6.09 Å². The van der Waals surface area contributed by atoms with Crippen LogP contribution in [0.5, 0.6) is 0 Å². The summed E-state index contributed by atoms with van der Waals surface area (Å²) in [6.45, 7) is 1.51. The van der Waals surface area contributed by atoms with Gasteiger partial charge in [-0.15, -0.1) is 0 Å². The lowest BCUT2D eigenvalue weighted by molar-refractivity contribution is 0.0309. The zero-order valence-electron chi connectivity index (χ0n) is 8.98. The van der Waals surface area contributed by atoms with E-state index in [1.54, 1.807) is 0 Å². The highest BCUT2D eigenvalue weighted by Gasteiger charge is 2.45. The lowest BCUT2D eigenvalue weighted by Gasteiger charge is -2.42. The fraction of sp³-hybridized carbons (Fsp3) is 0.909. The Balaban J connectivity index is 2.10. The molecule has 0 radical (unpaired) electrons. The molecule has 0 aromatic heterocycles. The maximum Gasteiger partial charge on any atom is 0.407 e. The van der Waals surface area contributed by atoms with Crippen LogP contribution in [-0.4, -0.2) is 40.9 Å². The van der Waals surface area contributed by atoms with Crippen molar-refractivity contribution in [1.29, 1.82) is 0 Å². The normalized spacial score (nSPS) is 36.1. The molecule has 1 heterocycles. The zero-order valence-corrected chi connectivity index (χ0v) is 8.98. The van der Waals surface area contributed by atoms with E-state index >= 15 is 0 Å². The van der Waals surface area contributed by atoms with Crippen LogP contribution in [-0.2, 0) is 0 Å². The maximum absolute atomic E-state index is 11.0. The number of aliphatic hydroxyl groups is 1. The number of carbonyl (C=O) groups is 1. The van der Waals surface area contributed by atoms with Crippen molar-refractivity contribution in [1.82, 2.24) is 4.90 Å². The Kier molecular flexibility index (Phi) is 2.87. The Morgan fingerprint density at radius 3 is 2.80 bits per heavy atom. The van der Waals surface area contributed by atoms with Crippen LogP contribution in [0.4, 0.5) is 4.79 Å². The summed E-state index contributed by atoms with van der Waals surface area (Å²) in [7, 11) is 0. The summed E-state index contributed by atoms with van der Waals surface area (Å²) in [5.41, 5.74) is 0.0887. The van der Waals surface area contributed by atoms with Crippen LogP contribution in [0.25, 0.3) is 0 Å². The van der Waals surface area contributed by atoms with Crippen LogP contribution in [0.1, 0.15) is 32.1 Å². The Morgan fingerprint density at radius 1 is 1.40 bits per heavy atom. The van der Waals surface area contributed by atoms with E-state index in [4.69, 9.17) is 5.11 Å². The third kappa shape index (κ3) is 1.83. The molecular formula is C11H19NO3. The Labute approximate surface area is 89.9 Å². The number of rotatable bonds is 1. The van der Waals surface area contributed by atoms with Gasteiger partial charge in [-0.2, -0.15) is 0 Å². The van der Waals surface area contributed by atoms with Crippen LogP contribution >= 0.6 is 0 Å².